The van der Waals surface area contributed by atoms with Gasteiger partial charge in [-0.3, -0.25) is 15.0 Å². The van der Waals surface area contributed by atoms with E-state index in [1.807, 2.05) is 0 Å². The molecule has 12 heavy (non-hydrogen) atoms. The number of thiocarbonyl (C=S) groups is 1. The molecule has 1 aliphatic heterocycles. The number of amides is 1. The van der Waals surface area contributed by atoms with Crippen LogP contribution in [0.1, 0.15) is 0 Å². The van der Waals surface area contributed by atoms with E-state index in [9.17, 15) is 4.79 Å². The first-order valence-electron chi connectivity index (χ1n) is 3.54. The minimum Gasteiger partial charge on any atom is -0.296 e. The van der Waals surface area contributed by atoms with Crippen molar-refractivity contribution in [2.45, 2.75) is 0 Å². The van der Waals surface area contributed by atoms with Gasteiger partial charge in [0.05, 0.1) is 12.4 Å². The molecule has 1 amide bonds. The van der Waals surface area contributed by atoms with Gasteiger partial charge < -0.3 is 0 Å². The Morgan fingerprint density at radius 1 is 1.83 bits per heavy atom. The lowest BCUT2D eigenvalue weighted by molar-refractivity contribution is -0.124. The van der Waals surface area contributed by atoms with Gasteiger partial charge in [-0.2, -0.15) is 0 Å². The van der Waals surface area contributed by atoms with E-state index in [1.54, 1.807) is 11.0 Å². The largest absolute Gasteiger partial charge is 0.296 e. The second-order valence-electron chi connectivity index (χ2n) is 2.28. The van der Waals surface area contributed by atoms with Crippen LogP contribution in [0.4, 0.5) is 0 Å². The molecule has 0 atom stereocenters. The molecule has 1 heterocycles. The molecule has 3 nitrogen and oxygen atoms in total. The molecule has 0 aromatic rings. The summed E-state index contributed by atoms with van der Waals surface area (Å²) in [6, 6.07) is 0. The fourth-order valence-electron chi connectivity index (χ4n) is 0.812. The van der Waals surface area contributed by atoms with Gasteiger partial charge in [0, 0.05) is 6.54 Å². The molecule has 5 heteroatoms. The summed E-state index contributed by atoms with van der Waals surface area (Å²) in [6.07, 6.45) is 1.75. The fourth-order valence-corrected chi connectivity index (χ4v) is 1.88. The predicted octanol–water partition coefficient (Wildman–Crippen LogP) is 0.580. The van der Waals surface area contributed by atoms with Crippen LogP contribution < -0.4 is 5.32 Å². The van der Waals surface area contributed by atoms with Gasteiger partial charge in [0.25, 0.3) is 0 Å². The van der Waals surface area contributed by atoms with Crippen LogP contribution in [0.25, 0.3) is 0 Å². The topological polar surface area (TPSA) is 32.3 Å². The van der Waals surface area contributed by atoms with Crippen molar-refractivity contribution in [3.8, 4) is 0 Å². The molecule has 0 unspecified atom stereocenters. The van der Waals surface area contributed by atoms with Crippen LogP contribution in [0.5, 0.6) is 0 Å². The van der Waals surface area contributed by atoms with Gasteiger partial charge in [-0.1, -0.05) is 30.1 Å². The number of nitrogens with zero attached hydrogens (tertiary/aromatic N) is 1. The van der Waals surface area contributed by atoms with E-state index in [0.29, 0.717) is 23.3 Å². The number of rotatable bonds is 4. The summed E-state index contributed by atoms with van der Waals surface area (Å²) in [5.74, 6) is 0.566. The lowest BCUT2D eigenvalue weighted by atomic mass is 10.6. The number of nitrogens with one attached hydrogen (secondary N) is 1. The number of thioether (sulfide) groups is 1. The maximum atomic E-state index is 11.1. The number of carbonyl (C=O) groups excluding carboxylic acids is 1. The highest BCUT2D eigenvalue weighted by Crippen LogP contribution is 2.17. The van der Waals surface area contributed by atoms with E-state index >= 15 is 0 Å². The normalized spacial score (nSPS) is 17.2. The number of hydrogen-bond acceptors (Lipinski definition) is 4. The highest BCUT2D eigenvalue weighted by molar-refractivity contribution is 8.23. The molecule has 1 N–H and O–H groups in total. The van der Waals surface area contributed by atoms with Crippen LogP contribution in [0, 0.1) is 0 Å². The lowest BCUT2D eigenvalue weighted by Gasteiger charge is -2.14. The van der Waals surface area contributed by atoms with Gasteiger partial charge in [0.2, 0.25) is 5.91 Å². The highest BCUT2D eigenvalue weighted by atomic mass is 32.2. The van der Waals surface area contributed by atoms with Gasteiger partial charge in [-0.25, -0.2) is 0 Å². The smallest absolute Gasteiger partial charge is 0.239 e. The van der Waals surface area contributed by atoms with Crippen molar-refractivity contribution in [1.29, 1.82) is 0 Å². The van der Waals surface area contributed by atoms with Crippen molar-refractivity contribution in [2.75, 3.05) is 19.0 Å². The Labute approximate surface area is 81.2 Å². The Hall–Kier alpha value is -0.390. The second-order valence-corrected chi connectivity index (χ2v) is 3.89. The minimum absolute atomic E-state index is 0.0848. The summed E-state index contributed by atoms with van der Waals surface area (Å²) in [5, 5.41) is 3.02. The third-order valence-corrected chi connectivity index (χ3v) is 2.83. The second kappa shape index (κ2) is 4.59. The standard InChI is InChI=1S/C7H10N2OS2/c1-2-3-8-5-9-6(10)4-12-7(9)11/h2,8H,1,3-5H2. The first kappa shape index (κ1) is 9.70. The third-order valence-electron chi connectivity index (χ3n) is 1.40. The zero-order valence-electron chi connectivity index (χ0n) is 6.58. The summed E-state index contributed by atoms with van der Waals surface area (Å²) < 4.78 is 0.663. The summed E-state index contributed by atoms with van der Waals surface area (Å²) >= 11 is 6.38. The molecule has 0 bridgehead atoms. The molecule has 0 saturated carbocycles. The Bertz CT molecular complexity index is 201. The van der Waals surface area contributed by atoms with Crippen LogP contribution in [-0.4, -0.2) is 34.1 Å². The van der Waals surface area contributed by atoms with Crippen molar-refractivity contribution >= 4 is 34.2 Å². The zero-order chi connectivity index (χ0) is 8.97. The van der Waals surface area contributed by atoms with Crippen LogP contribution >= 0.6 is 24.0 Å². The minimum atomic E-state index is 0.0848. The molecule has 0 aromatic heterocycles. The fraction of sp³-hybridized carbons (Fsp3) is 0.429. The SMILES string of the molecule is C=CCNCN1C(=O)CSC1=S. The molecule has 66 valence electrons. The van der Waals surface area contributed by atoms with Crippen LogP contribution in [0.3, 0.4) is 0 Å². The first-order chi connectivity index (χ1) is 5.75. The van der Waals surface area contributed by atoms with Crippen LogP contribution in [0.15, 0.2) is 12.7 Å². The van der Waals surface area contributed by atoms with Crippen LogP contribution in [-0.2, 0) is 4.79 Å². The van der Waals surface area contributed by atoms with Crippen molar-refractivity contribution in [3.63, 3.8) is 0 Å². The Kier molecular flexibility index (Phi) is 3.71. The van der Waals surface area contributed by atoms with Gasteiger partial charge in [-0.05, 0) is 0 Å². The van der Waals surface area contributed by atoms with E-state index in [4.69, 9.17) is 12.2 Å². The molecule has 0 aromatic carbocycles. The monoisotopic (exact) mass is 202 g/mol. The quantitative estimate of drug-likeness (QED) is 0.410. The van der Waals surface area contributed by atoms with Crippen molar-refractivity contribution in [1.82, 2.24) is 10.2 Å². The summed E-state index contributed by atoms with van der Waals surface area (Å²) in [6.45, 7) is 4.75. The molecule has 0 spiro atoms. The molecule has 1 saturated heterocycles. The predicted molar refractivity (Wildman–Crippen MR) is 55.0 cm³/mol. The molecule has 0 aliphatic carbocycles. The Morgan fingerprint density at radius 2 is 2.58 bits per heavy atom. The molecule has 1 fully saturated rings. The maximum absolute atomic E-state index is 11.1. The highest BCUT2D eigenvalue weighted by Gasteiger charge is 2.25. The van der Waals surface area contributed by atoms with Gasteiger partial charge in [0.1, 0.15) is 4.32 Å². The first-order valence-corrected chi connectivity index (χ1v) is 4.94. The van der Waals surface area contributed by atoms with Gasteiger partial charge in [-0.15, -0.1) is 6.58 Å². The number of hydrogen-bond donors (Lipinski definition) is 1. The zero-order valence-corrected chi connectivity index (χ0v) is 8.21. The summed E-state index contributed by atoms with van der Waals surface area (Å²) in [7, 11) is 0. The molecular formula is C7H10N2OS2. The lowest BCUT2D eigenvalue weighted by Crippen LogP contribution is -2.37. The molecule has 1 rings (SSSR count). The van der Waals surface area contributed by atoms with E-state index in [2.05, 4.69) is 11.9 Å². The summed E-state index contributed by atoms with van der Waals surface area (Å²) in [5.41, 5.74) is 0. The molecular weight excluding hydrogens is 192 g/mol. The van der Waals surface area contributed by atoms with Gasteiger partial charge >= 0.3 is 0 Å². The van der Waals surface area contributed by atoms with Gasteiger partial charge in [0.15, 0.2) is 0 Å². The van der Waals surface area contributed by atoms with Crippen molar-refractivity contribution < 1.29 is 4.79 Å². The summed E-state index contributed by atoms with van der Waals surface area (Å²) in [4.78, 5) is 12.7. The third kappa shape index (κ3) is 2.30. The van der Waals surface area contributed by atoms with E-state index < -0.39 is 0 Å². The molecule has 0 radical (unpaired) electrons. The number of carbonyl (C=O) groups is 1. The van der Waals surface area contributed by atoms with E-state index in [0.717, 1.165) is 0 Å². The van der Waals surface area contributed by atoms with Crippen molar-refractivity contribution in [3.05, 3.63) is 12.7 Å². The average Bonchev–Trinajstić information content (AvgIpc) is 2.35. The maximum Gasteiger partial charge on any atom is 0.239 e. The average molecular weight is 202 g/mol. The Morgan fingerprint density at radius 3 is 3.08 bits per heavy atom. The molecule has 1 aliphatic rings. The van der Waals surface area contributed by atoms with E-state index in [1.165, 1.54) is 11.8 Å². The van der Waals surface area contributed by atoms with Crippen LogP contribution in [0.2, 0.25) is 0 Å². The Balaban J connectivity index is 2.34. The van der Waals surface area contributed by atoms with Crippen molar-refractivity contribution in [2.24, 2.45) is 0 Å². The van der Waals surface area contributed by atoms with E-state index in [-0.39, 0.29) is 5.91 Å².